The van der Waals surface area contributed by atoms with E-state index in [1.807, 2.05) is 23.5 Å². The molecule has 10 rings (SSSR count). The zero-order valence-corrected chi connectivity index (χ0v) is 26.8. The first-order chi connectivity index (χ1) is 23.1. The number of thiophene rings is 1. The minimum atomic E-state index is -0.0225. The van der Waals surface area contributed by atoms with E-state index in [0.29, 0.717) is 5.95 Å². The van der Waals surface area contributed by atoms with Crippen LogP contribution in [-0.2, 0) is 5.41 Å². The van der Waals surface area contributed by atoms with Gasteiger partial charge in [0.2, 0.25) is 5.95 Å². The number of rotatable bonds is 3. The van der Waals surface area contributed by atoms with E-state index in [1.165, 1.54) is 53.2 Å². The summed E-state index contributed by atoms with van der Waals surface area (Å²) in [4.78, 5) is 10.5. The predicted molar refractivity (Wildman–Crippen MR) is 198 cm³/mol. The minimum Gasteiger partial charge on any atom is -0.278 e. The van der Waals surface area contributed by atoms with E-state index in [-0.39, 0.29) is 5.41 Å². The highest BCUT2D eigenvalue weighted by atomic mass is 32.1. The third kappa shape index (κ3) is 3.79. The molecule has 3 nitrogen and oxygen atoms in total. The molecule has 4 heteroatoms. The van der Waals surface area contributed by atoms with Crippen molar-refractivity contribution in [2.24, 2.45) is 0 Å². The summed E-state index contributed by atoms with van der Waals surface area (Å²) in [7, 11) is 0. The molecule has 3 aromatic heterocycles. The average molecular weight is 620 g/mol. The third-order valence-corrected chi connectivity index (χ3v) is 11.2. The maximum atomic E-state index is 5.24. The van der Waals surface area contributed by atoms with Gasteiger partial charge in [0.25, 0.3) is 0 Å². The minimum absolute atomic E-state index is 0.0225. The standard InChI is InChI=1S/C43H29N3S/c1-43(2)33-19-11-9-18-30(33)40-34(43)22-21-29-32-23-38-31(24-39(32)47-41(29)40)28-17-10-12-20-37(28)46(38)42-44-35(26-13-5-3-6-14-26)25-36(45-42)27-15-7-4-8-16-27/h3-25H,1-2H3. The Morgan fingerprint density at radius 1 is 0.532 bits per heavy atom. The summed E-state index contributed by atoms with van der Waals surface area (Å²) in [5.74, 6) is 0.673. The van der Waals surface area contributed by atoms with Gasteiger partial charge in [0.15, 0.2) is 0 Å². The molecule has 3 heterocycles. The van der Waals surface area contributed by atoms with E-state index in [2.05, 4.69) is 146 Å². The van der Waals surface area contributed by atoms with Crippen LogP contribution in [0.2, 0.25) is 0 Å². The van der Waals surface area contributed by atoms with E-state index in [9.17, 15) is 0 Å². The van der Waals surface area contributed by atoms with Crippen molar-refractivity contribution in [3.8, 4) is 39.6 Å². The van der Waals surface area contributed by atoms with E-state index in [1.54, 1.807) is 0 Å². The summed E-state index contributed by atoms with van der Waals surface area (Å²) in [6, 6.07) is 50.0. The van der Waals surface area contributed by atoms with Gasteiger partial charge in [0.05, 0.1) is 22.4 Å². The fourth-order valence-electron chi connectivity index (χ4n) is 7.74. The highest BCUT2D eigenvalue weighted by Gasteiger charge is 2.36. The molecule has 1 aliphatic carbocycles. The normalized spacial score (nSPS) is 13.5. The summed E-state index contributed by atoms with van der Waals surface area (Å²) in [6.45, 7) is 4.71. The second-order valence-corrected chi connectivity index (χ2v) is 14.1. The molecular weight excluding hydrogens is 591 g/mol. The van der Waals surface area contributed by atoms with Crippen molar-refractivity contribution in [3.63, 3.8) is 0 Å². The molecule has 0 fully saturated rings. The van der Waals surface area contributed by atoms with Crippen LogP contribution < -0.4 is 0 Å². The van der Waals surface area contributed by atoms with Crippen molar-refractivity contribution >= 4 is 53.3 Å². The van der Waals surface area contributed by atoms with Gasteiger partial charge in [-0.05, 0) is 41.0 Å². The molecule has 1 aliphatic rings. The molecule has 0 saturated heterocycles. The lowest BCUT2D eigenvalue weighted by Crippen LogP contribution is -2.14. The molecule has 0 radical (unpaired) electrons. The number of hydrogen-bond donors (Lipinski definition) is 0. The lowest BCUT2D eigenvalue weighted by Gasteiger charge is -2.21. The summed E-state index contributed by atoms with van der Waals surface area (Å²) in [5, 5.41) is 4.99. The van der Waals surface area contributed by atoms with Gasteiger partial charge in [-0.15, -0.1) is 11.3 Å². The fraction of sp³-hybridized carbons (Fsp3) is 0.0698. The van der Waals surface area contributed by atoms with E-state index in [4.69, 9.17) is 9.97 Å². The van der Waals surface area contributed by atoms with Crippen LogP contribution in [0, 0.1) is 0 Å². The molecule has 0 aliphatic heterocycles. The molecule has 0 atom stereocenters. The zero-order valence-electron chi connectivity index (χ0n) is 26.0. The van der Waals surface area contributed by atoms with Gasteiger partial charge >= 0.3 is 0 Å². The number of benzene rings is 6. The second kappa shape index (κ2) is 9.71. The number of para-hydroxylation sites is 1. The Morgan fingerprint density at radius 3 is 1.94 bits per heavy atom. The molecule has 0 saturated carbocycles. The Hall–Kier alpha value is -5.58. The molecule has 0 unspecified atom stereocenters. The Balaban J connectivity index is 1.28. The number of fused-ring (bicyclic) bond motifs is 10. The summed E-state index contributed by atoms with van der Waals surface area (Å²) in [6.07, 6.45) is 0. The molecule has 222 valence electrons. The van der Waals surface area contributed by atoms with Crippen LogP contribution in [0.5, 0.6) is 0 Å². The van der Waals surface area contributed by atoms with Gasteiger partial charge in [0.1, 0.15) is 0 Å². The molecule has 47 heavy (non-hydrogen) atoms. The molecule has 0 N–H and O–H groups in total. The van der Waals surface area contributed by atoms with Gasteiger partial charge in [-0.25, -0.2) is 9.97 Å². The lowest BCUT2D eigenvalue weighted by atomic mass is 9.82. The Labute approximate surface area is 276 Å². The highest BCUT2D eigenvalue weighted by Crippen LogP contribution is 2.54. The van der Waals surface area contributed by atoms with Crippen molar-refractivity contribution in [2.75, 3.05) is 0 Å². The SMILES string of the molecule is CC1(C)c2ccccc2-c2c1ccc1c2sc2cc3c4ccccc4n(-c4nc(-c5ccccc5)cc(-c5ccccc5)n4)c3cc21. The summed E-state index contributed by atoms with van der Waals surface area (Å²) in [5.41, 5.74) is 11.7. The topological polar surface area (TPSA) is 30.7 Å². The molecule has 6 aromatic carbocycles. The van der Waals surface area contributed by atoms with Gasteiger partial charge in [-0.3, -0.25) is 4.57 Å². The first-order valence-electron chi connectivity index (χ1n) is 16.1. The molecule has 0 bridgehead atoms. The third-order valence-electron chi connectivity index (χ3n) is 10.0. The zero-order chi connectivity index (χ0) is 31.3. The van der Waals surface area contributed by atoms with Crippen LogP contribution >= 0.6 is 11.3 Å². The van der Waals surface area contributed by atoms with Crippen LogP contribution in [0.15, 0.2) is 140 Å². The van der Waals surface area contributed by atoms with Gasteiger partial charge in [-0.2, -0.15) is 0 Å². The predicted octanol–water partition coefficient (Wildman–Crippen LogP) is 11.6. The summed E-state index contributed by atoms with van der Waals surface area (Å²) < 4.78 is 4.93. The van der Waals surface area contributed by atoms with Crippen molar-refractivity contribution in [2.45, 2.75) is 19.3 Å². The first kappa shape index (κ1) is 26.6. The largest absolute Gasteiger partial charge is 0.278 e. The van der Waals surface area contributed by atoms with Crippen LogP contribution in [-0.4, -0.2) is 14.5 Å². The van der Waals surface area contributed by atoms with Gasteiger partial charge in [-0.1, -0.05) is 129 Å². The van der Waals surface area contributed by atoms with Crippen LogP contribution in [0.3, 0.4) is 0 Å². The van der Waals surface area contributed by atoms with Crippen molar-refractivity contribution in [1.82, 2.24) is 14.5 Å². The summed E-state index contributed by atoms with van der Waals surface area (Å²) >= 11 is 1.92. The average Bonchev–Trinajstić information content (AvgIpc) is 3.73. The smallest absolute Gasteiger partial charge is 0.235 e. The Morgan fingerprint density at radius 2 is 1.19 bits per heavy atom. The van der Waals surface area contributed by atoms with Crippen molar-refractivity contribution in [1.29, 1.82) is 0 Å². The second-order valence-electron chi connectivity index (χ2n) is 13.0. The number of nitrogens with zero attached hydrogens (tertiary/aromatic N) is 3. The van der Waals surface area contributed by atoms with E-state index >= 15 is 0 Å². The molecule has 9 aromatic rings. The Kier molecular flexibility index (Phi) is 5.50. The molecule has 0 spiro atoms. The monoisotopic (exact) mass is 619 g/mol. The Bertz CT molecular complexity index is 2640. The first-order valence-corrected chi connectivity index (χ1v) is 16.9. The number of hydrogen-bond acceptors (Lipinski definition) is 3. The quantitative estimate of drug-likeness (QED) is 0.197. The maximum absolute atomic E-state index is 5.24. The number of aromatic nitrogens is 3. The maximum Gasteiger partial charge on any atom is 0.235 e. The van der Waals surface area contributed by atoms with E-state index in [0.717, 1.165) is 33.5 Å². The lowest BCUT2D eigenvalue weighted by molar-refractivity contribution is 0.661. The molecular formula is C43H29N3S. The van der Waals surface area contributed by atoms with Crippen LogP contribution in [0.25, 0.3) is 81.6 Å². The fourth-order valence-corrected chi connectivity index (χ4v) is 9.03. The highest BCUT2D eigenvalue weighted by molar-refractivity contribution is 7.26. The van der Waals surface area contributed by atoms with Gasteiger partial charge in [0, 0.05) is 53.1 Å². The van der Waals surface area contributed by atoms with Crippen LogP contribution in [0.1, 0.15) is 25.0 Å². The van der Waals surface area contributed by atoms with Crippen molar-refractivity contribution < 1.29 is 0 Å². The van der Waals surface area contributed by atoms with Crippen molar-refractivity contribution in [3.05, 3.63) is 151 Å². The molecule has 0 amide bonds. The van der Waals surface area contributed by atoms with E-state index < -0.39 is 0 Å². The van der Waals surface area contributed by atoms with Gasteiger partial charge < -0.3 is 0 Å². The van der Waals surface area contributed by atoms with Crippen LogP contribution in [0.4, 0.5) is 0 Å².